The molecule has 4 heteroatoms. The minimum atomic E-state index is 0.448. The lowest BCUT2D eigenvalue weighted by atomic mass is 10.1. The largest absolute Gasteiger partial charge is 0.397 e. The number of imidazole rings is 1. The number of hydrogen-bond donors (Lipinski definition) is 1. The molecule has 0 bridgehead atoms. The van der Waals surface area contributed by atoms with Crippen LogP contribution in [-0.2, 0) is 11.5 Å². The highest BCUT2D eigenvalue weighted by Gasteiger charge is 2.13. The third kappa shape index (κ3) is 2.04. The first-order chi connectivity index (χ1) is 9.70. The second-order valence-electron chi connectivity index (χ2n) is 4.86. The third-order valence-corrected chi connectivity index (χ3v) is 3.38. The highest BCUT2D eigenvalue weighted by atomic mass is 16.5. The molecule has 0 fully saturated rings. The van der Waals surface area contributed by atoms with Gasteiger partial charge in [-0.1, -0.05) is 35.9 Å². The highest BCUT2D eigenvalue weighted by molar-refractivity contribution is 5.90. The van der Waals surface area contributed by atoms with E-state index >= 15 is 0 Å². The van der Waals surface area contributed by atoms with E-state index in [2.05, 4.69) is 36.2 Å². The smallest absolute Gasteiger partial charge is 0.143 e. The van der Waals surface area contributed by atoms with E-state index in [1.807, 2.05) is 22.8 Å². The van der Waals surface area contributed by atoms with E-state index in [0.717, 1.165) is 22.4 Å². The number of ether oxygens (including phenoxy) is 1. The number of fused-ring (bicyclic) bond motifs is 1. The summed E-state index contributed by atoms with van der Waals surface area (Å²) in [4.78, 5) is 4.69. The zero-order valence-electron chi connectivity index (χ0n) is 11.6. The lowest BCUT2D eigenvalue weighted by Gasteiger charge is -2.08. The quantitative estimate of drug-likeness (QED) is 0.741. The van der Waals surface area contributed by atoms with E-state index in [-0.39, 0.29) is 0 Å². The normalized spacial score (nSPS) is 11.1. The van der Waals surface area contributed by atoms with Gasteiger partial charge in [0.25, 0.3) is 0 Å². The fourth-order valence-corrected chi connectivity index (χ4v) is 2.35. The second-order valence-corrected chi connectivity index (χ2v) is 4.86. The summed E-state index contributed by atoms with van der Waals surface area (Å²) in [5.74, 6) is 0.875. The molecule has 20 heavy (non-hydrogen) atoms. The van der Waals surface area contributed by atoms with Crippen LogP contribution >= 0.6 is 0 Å². The summed E-state index contributed by atoms with van der Waals surface area (Å²) in [6.45, 7) is 2.52. The molecule has 0 radical (unpaired) electrons. The molecule has 2 aromatic carbocycles. The van der Waals surface area contributed by atoms with Gasteiger partial charge in [0, 0.05) is 12.7 Å². The van der Waals surface area contributed by atoms with Crippen molar-refractivity contribution in [1.82, 2.24) is 9.55 Å². The van der Waals surface area contributed by atoms with Crippen molar-refractivity contribution in [3.63, 3.8) is 0 Å². The third-order valence-electron chi connectivity index (χ3n) is 3.38. The molecule has 2 N–H and O–H groups in total. The number of nitrogens with zero attached hydrogens (tertiary/aromatic N) is 2. The van der Waals surface area contributed by atoms with Crippen molar-refractivity contribution in [3.05, 3.63) is 48.0 Å². The van der Waals surface area contributed by atoms with E-state index in [0.29, 0.717) is 12.4 Å². The van der Waals surface area contributed by atoms with Crippen LogP contribution in [0.2, 0.25) is 0 Å². The monoisotopic (exact) mass is 267 g/mol. The molecule has 102 valence electrons. The van der Waals surface area contributed by atoms with E-state index in [1.54, 1.807) is 7.11 Å². The SMILES string of the molecule is COCn1c(-c2ccc(C)cc2)nc2c(N)cccc21. The van der Waals surface area contributed by atoms with Crippen molar-refractivity contribution < 1.29 is 4.74 Å². The van der Waals surface area contributed by atoms with Crippen LogP contribution < -0.4 is 5.73 Å². The number of para-hydroxylation sites is 1. The van der Waals surface area contributed by atoms with Gasteiger partial charge in [0.05, 0.1) is 11.2 Å². The molecule has 0 aliphatic carbocycles. The Morgan fingerprint density at radius 3 is 2.60 bits per heavy atom. The van der Waals surface area contributed by atoms with E-state index in [4.69, 9.17) is 10.5 Å². The molecule has 3 rings (SSSR count). The summed E-state index contributed by atoms with van der Waals surface area (Å²) in [6, 6.07) is 14.1. The Bertz CT molecular complexity index is 744. The lowest BCUT2D eigenvalue weighted by Crippen LogP contribution is -2.02. The van der Waals surface area contributed by atoms with Gasteiger partial charge in [-0.2, -0.15) is 0 Å². The van der Waals surface area contributed by atoms with Gasteiger partial charge in [-0.05, 0) is 19.1 Å². The van der Waals surface area contributed by atoms with Gasteiger partial charge in [-0.25, -0.2) is 4.98 Å². The maximum absolute atomic E-state index is 6.02. The molecule has 0 aliphatic rings. The Balaban J connectivity index is 2.26. The maximum Gasteiger partial charge on any atom is 0.143 e. The Labute approximate surface area is 117 Å². The van der Waals surface area contributed by atoms with Crippen LogP contribution in [0.5, 0.6) is 0 Å². The predicted octanol–water partition coefficient (Wildman–Crippen LogP) is 3.20. The Morgan fingerprint density at radius 2 is 1.90 bits per heavy atom. The van der Waals surface area contributed by atoms with Gasteiger partial charge in [0.1, 0.15) is 18.1 Å². The number of rotatable bonds is 3. The molecule has 0 aliphatic heterocycles. The van der Waals surface area contributed by atoms with Gasteiger partial charge in [-0.3, -0.25) is 4.57 Å². The van der Waals surface area contributed by atoms with Crippen molar-refractivity contribution in [1.29, 1.82) is 0 Å². The number of nitrogens with two attached hydrogens (primary N) is 1. The van der Waals surface area contributed by atoms with E-state index < -0.39 is 0 Å². The molecule has 3 aromatic rings. The van der Waals surface area contributed by atoms with Crippen molar-refractivity contribution >= 4 is 16.7 Å². The number of aromatic nitrogens is 2. The Hall–Kier alpha value is -2.33. The van der Waals surface area contributed by atoms with Crippen LogP contribution in [0.1, 0.15) is 5.56 Å². The van der Waals surface area contributed by atoms with Crippen molar-refractivity contribution in [3.8, 4) is 11.4 Å². The first-order valence-electron chi connectivity index (χ1n) is 6.51. The van der Waals surface area contributed by atoms with Crippen LogP contribution in [0.3, 0.4) is 0 Å². The Morgan fingerprint density at radius 1 is 1.15 bits per heavy atom. The molecule has 4 nitrogen and oxygen atoms in total. The van der Waals surface area contributed by atoms with Crippen LogP contribution in [0, 0.1) is 6.92 Å². The minimum Gasteiger partial charge on any atom is -0.397 e. The number of methoxy groups -OCH3 is 1. The Kier molecular flexibility index (Phi) is 3.16. The zero-order chi connectivity index (χ0) is 14.1. The molecule has 0 amide bonds. The lowest BCUT2D eigenvalue weighted by molar-refractivity contribution is 0.135. The summed E-state index contributed by atoms with van der Waals surface area (Å²) in [5, 5.41) is 0. The number of anilines is 1. The van der Waals surface area contributed by atoms with Crippen LogP contribution in [-0.4, -0.2) is 16.7 Å². The minimum absolute atomic E-state index is 0.448. The highest BCUT2D eigenvalue weighted by Crippen LogP contribution is 2.28. The molecule has 1 heterocycles. The van der Waals surface area contributed by atoms with Gasteiger partial charge in [0.15, 0.2) is 0 Å². The van der Waals surface area contributed by atoms with Gasteiger partial charge < -0.3 is 10.5 Å². The average molecular weight is 267 g/mol. The molecule has 0 saturated carbocycles. The first kappa shape index (κ1) is 12.7. The topological polar surface area (TPSA) is 53.1 Å². The van der Waals surface area contributed by atoms with Crippen LogP contribution in [0.15, 0.2) is 42.5 Å². The van der Waals surface area contributed by atoms with Crippen molar-refractivity contribution in [2.24, 2.45) is 0 Å². The number of aryl methyl sites for hydroxylation is 1. The standard InChI is InChI=1S/C16H17N3O/c1-11-6-8-12(9-7-11)16-18-15-13(17)4-3-5-14(15)19(16)10-20-2/h3-9H,10,17H2,1-2H3. The van der Waals surface area contributed by atoms with E-state index in [9.17, 15) is 0 Å². The number of hydrogen-bond acceptors (Lipinski definition) is 3. The van der Waals surface area contributed by atoms with Crippen molar-refractivity contribution in [2.45, 2.75) is 13.7 Å². The maximum atomic E-state index is 6.02. The summed E-state index contributed by atoms with van der Waals surface area (Å²) >= 11 is 0. The molecular weight excluding hydrogens is 250 g/mol. The second kappa shape index (κ2) is 4.98. The van der Waals surface area contributed by atoms with Crippen LogP contribution in [0.4, 0.5) is 5.69 Å². The first-order valence-corrected chi connectivity index (χ1v) is 6.51. The van der Waals surface area contributed by atoms with Crippen molar-refractivity contribution in [2.75, 3.05) is 12.8 Å². The number of benzene rings is 2. The summed E-state index contributed by atoms with van der Waals surface area (Å²) in [5.41, 5.74) is 10.8. The average Bonchev–Trinajstić information content (AvgIpc) is 2.81. The fourth-order valence-electron chi connectivity index (χ4n) is 2.35. The molecule has 0 unspecified atom stereocenters. The van der Waals surface area contributed by atoms with E-state index in [1.165, 1.54) is 5.56 Å². The van der Waals surface area contributed by atoms with Gasteiger partial charge in [-0.15, -0.1) is 0 Å². The summed E-state index contributed by atoms with van der Waals surface area (Å²) in [7, 11) is 1.68. The zero-order valence-corrected chi connectivity index (χ0v) is 11.6. The van der Waals surface area contributed by atoms with Crippen LogP contribution in [0.25, 0.3) is 22.4 Å². The molecular formula is C16H17N3O. The fraction of sp³-hybridized carbons (Fsp3) is 0.188. The summed E-state index contributed by atoms with van der Waals surface area (Å²) in [6.07, 6.45) is 0. The van der Waals surface area contributed by atoms with Gasteiger partial charge >= 0.3 is 0 Å². The van der Waals surface area contributed by atoms with Gasteiger partial charge in [0.2, 0.25) is 0 Å². The molecule has 0 saturated heterocycles. The molecule has 0 spiro atoms. The summed E-state index contributed by atoms with van der Waals surface area (Å²) < 4.78 is 7.34. The predicted molar refractivity (Wildman–Crippen MR) is 81.3 cm³/mol. The number of nitrogen functional groups attached to an aromatic ring is 1. The molecule has 0 atom stereocenters. The molecule has 1 aromatic heterocycles.